The molecule has 3 aromatic rings. The molecule has 0 N–H and O–H groups in total. The summed E-state index contributed by atoms with van der Waals surface area (Å²) in [5.41, 5.74) is 4.97. The van der Waals surface area contributed by atoms with Crippen molar-refractivity contribution in [3.8, 4) is 11.3 Å². The number of aromatic nitrogens is 4. The SMILES string of the molecule is COCCc1noc(CN2CCc3c(-c4ccccc4)nn(C)c3CC2)n1. The highest BCUT2D eigenvalue weighted by atomic mass is 16.5. The molecule has 0 saturated carbocycles. The first kappa shape index (κ1) is 17.9. The van der Waals surface area contributed by atoms with Crippen LogP contribution in [0.3, 0.4) is 0 Å². The van der Waals surface area contributed by atoms with Gasteiger partial charge in [-0.25, -0.2) is 0 Å². The number of hydrogen-bond donors (Lipinski definition) is 0. The monoisotopic (exact) mass is 367 g/mol. The van der Waals surface area contributed by atoms with E-state index in [4.69, 9.17) is 14.4 Å². The molecule has 0 bridgehead atoms. The lowest BCUT2D eigenvalue weighted by molar-refractivity contribution is 0.199. The quantitative estimate of drug-likeness (QED) is 0.666. The summed E-state index contributed by atoms with van der Waals surface area (Å²) in [5.74, 6) is 1.38. The Morgan fingerprint density at radius 1 is 1.15 bits per heavy atom. The molecule has 0 saturated heterocycles. The molecule has 4 rings (SSSR count). The van der Waals surface area contributed by atoms with Crippen LogP contribution in [-0.4, -0.2) is 51.6 Å². The number of aryl methyl sites for hydroxylation is 1. The molecular formula is C20H25N5O2. The van der Waals surface area contributed by atoms with Crippen molar-refractivity contribution < 1.29 is 9.26 Å². The molecule has 7 heteroatoms. The van der Waals surface area contributed by atoms with Crippen LogP contribution in [0, 0.1) is 0 Å². The van der Waals surface area contributed by atoms with Gasteiger partial charge in [0, 0.05) is 56.9 Å². The van der Waals surface area contributed by atoms with Crippen LogP contribution in [0.2, 0.25) is 0 Å². The molecule has 0 radical (unpaired) electrons. The van der Waals surface area contributed by atoms with E-state index in [0.717, 1.165) is 31.6 Å². The zero-order chi connectivity index (χ0) is 18.6. The van der Waals surface area contributed by atoms with E-state index in [2.05, 4.69) is 39.3 Å². The van der Waals surface area contributed by atoms with Gasteiger partial charge in [-0.15, -0.1) is 0 Å². The number of nitrogens with zero attached hydrogens (tertiary/aromatic N) is 5. The highest BCUT2D eigenvalue weighted by Gasteiger charge is 2.23. The average Bonchev–Trinajstić information content (AvgIpc) is 3.19. The third-order valence-electron chi connectivity index (χ3n) is 5.06. The van der Waals surface area contributed by atoms with E-state index in [-0.39, 0.29) is 0 Å². The van der Waals surface area contributed by atoms with Gasteiger partial charge in [-0.3, -0.25) is 9.58 Å². The van der Waals surface area contributed by atoms with E-state index >= 15 is 0 Å². The maximum atomic E-state index is 5.40. The van der Waals surface area contributed by atoms with Gasteiger partial charge in [0.1, 0.15) is 0 Å². The Bertz CT molecular complexity index is 887. The molecule has 142 valence electrons. The van der Waals surface area contributed by atoms with Gasteiger partial charge in [0.2, 0.25) is 5.89 Å². The summed E-state index contributed by atoms with van der Waals surface area (Å²) in [4.78, 5) is 6.85. The van der Waals surface area contributed by atoms with E-state index in [9.17, 15) is 0 Å². The van der Waals surface area contributed by atoms with Crippen molar-refractivity contribution in [2.24, 2.45) is 7.05 Å². The van der Waals surface area contributed by atoms with Gasteiger partial charge in [0.05, 0.1) is 18.8 Å². The highest BCUT2D eigenvalue weighted by Crippen LogP contribution is 2.28. The zero-order valence-corrected chi connectivity index (χ0v) is 15.9. The van der Waals surface area contributed by atoms with Crippen LogP contribution in [0.1, 0.15) is 23.0 Å². The fourth-order valence-electron chi connectivity index (χ4n) is 3.65. The summed E-state index contributed by atoms with van der Waals surface area (Å²) in [6.07, 6.45) is 2.62. The molecule has 0 unspecified atom stereocenters. The Morgan fingerprint density at radius 2 is 1.96 bits per heavy atom. The van der Waals surface area contributed by atoms with Crippen molar-refractivity contribution in [3.63, 3.8) is 0 Å². The largest absolute Gasteiger partial charge is 0.384 e. The maximum Gasteiger partial charge on any atom is 0.240 e. The molecule has 0 aliphatic carbocycles. The Labute approximate surface area is 158 Å². The van der Waals surface area contributed by atoms with Crippen molar-refractivity contribution in [2.45, 2.75) is 25.8 Å². The standard InChI is InChI=1S/C20H25N5O2/c1-24-17-9-12-25(14-19-21-18(23-27-19)10-13-26-2)11-8-16(17)20(22-24)15-6-4-3-5-7-15/h3-7H,8-14H2,1-2H3. The van der Waals surface area contributed by atoms with Crippen LogP contribution >= 0.6 is 0 Å². The second kappa shape index (κ2) is 8.02. The number of hydrogen-bond acceptors (Lipinski definition) is 6. The molecule has 2 aromatic heterocycles. The lowest BCUT2D eigenvalue weighted by Crippen LogP contribution is -2.26. The predicted octanol–water partition coefficient (Wildman–Crippen LogP) is 2.26. The van der Waals surface area contributed by atoms with Crippen LogP contribution in [0.15, 0.2) is 34.9 Å². The van der Waals surface area contributed by atoms with E-state index in [1.165, 1.54) is 16.8 Å². The number of benzene rings is 1. The number of rotatable bonds is 6. The Morgan fingerprint density at radius 3 is 2.78 bits per heavy atom. The normalized spacial score (nSPS) is 14.9. The highest BCUT2D eigenvalue weighted by molar-refractivity contribution is 5.64. The molecule has 1 aliphatic rings. The lowest BCUT2D eigenvalue weighted by Gasteiger charge is -2.17. The minimum atomic E-state index is 0.604. The summed E-state index contributed by atoms with van der Waals surface area (Å²) in [6.45, 7) is 3.19. The number of methoxy groups -OCH3 is 1. The minimum Gasteiger partial charge on any atom is -0.384 e. The molecule has 0 fully saturated rings. The van der Waals surface area contributed by atoms with Crippen LogP contribution < -0.4 is 0 Å². The van der Waals surface area contributed by atoms with Crippen molar-refractivity contribution in [2.75, 3.05) is 26.8 Å². The van der Waals surface area contributed by atoms with Crippen LogP contribution in [0.4, 0.5) is 0 Å². The van der Waals surface area contributed by atoms with Crippen LogP contribution in [0.25, 0.3) is 11.3 Å². The molecule has 0 atom stereocenters. The van der Waals surface area contributed by atoms with Gasteiger partial charge in [0.15, 0.2) is 5.82 Å². The first-order valence-electron chi connectivity index (χ1n) is 9.37. The van der Waals surface area contributed by atoms with E-state index in [1.54, 1.807) is 7.11 Å². The average molecular weight is 367 g/mol. The molecule has 1 aromatic carbocycles. The number of fused-ring (bicyclic) bond motifs is 1. The van der Waals surface area contributed by atoms with E-state index in [0.29, 0.717) is 31.3 Å². The van der Waals surface area contributed by atoms with Gasteiger partial charge in [-0.1, -0.05) is 35.5 Å². The van der Waals surface area contributed by atoms with Crippen molar-refractivity contribution in [1.82, 2.24) is 24.8 Å². The molecule has 0 spiro atoms. The first-order valence-corrected chi connectivity index (χ1v) is 9.37. The Kier molecular flexibility index (Phi) is 5.31. The summed E-state index contributed by atoms with van der Waals surface area (Å²) in [6, 6.07) is 10.4. The van der Waals surface area contributed by atoms with E-state index < -0.39 is 0 Å². The summed E-state index contributed by atoms with van der Waals surface area (Å²) < 4.78 is 12.5. The third-order valence-corrected chi connectivity index (χ3v) is 5.06. The fourth-order valence-corrected chi connectivity index (χ4v) is 3.65. The predicted molar refractivity (Wildman–Crippen MR) is 101 cm³/mol. The van der Waals surface area contributed by atoms with E-state index in [1.807, 2.05) is 17.8 Å². The Balaban J connectivity index is 1.46. The maximum absolute atomic E-state index is 5.40. The summed E-state index contributed by atoms with van der Waals surface area (Å²) >= 11 is 0. The summed E-state index contributed by atoms with van der Waals surface area (Å²) in [5, 5.41) is 8.82. The molecular weight excluding hydrogens is 342 g/mol. The smallest absolute Gasteiger partial charge is 0.240 e. The van der Waals surface area contributed by atoms with Gasteiger partial charge < -0.3 is 9.26 Å². The molecule has 0 amide bonds. The molecule has 3 heterocycles. The van der Waals surface area contributed by atoms with Crippen molar-refractivity contribution in [3.05, 3.63) is 53.3 Å². The van der Waals surface area contributed by atoms with Gasteiger partial charge in [-0.05, 0) is 6.42 Å². The summed E-state index contributed by atoms with van der Waals surface area (Å²) in [7, 11) is 3.72. The molecule has 7 nitrogen and oxygen atoms in total. The Hall–Kier alpha value is -2.51. The zero-order valence-electron chi connectivity index (χ0n) is 15.9. The first-order chi connectivity index (χ1) is 13.2. The minimum absolute atomic E-state index is 0.604. The third kappa shape index (κ3) is 3.94. The van der Waals surface area contributed by atoms with Gasteiger partial charge >= 0.3 is 0 Å². The molecule has 27 heavy (non-hydrogen) atoms. The van der Waals surface area contributed by atoms with Crippen LogP contribution in [0.5, 0.6) is 0 Å². The lowest BCUT2D eigenvalue weighted by atomic mass is 10.0. The second-order valence-corrected chi connectivity index (χ2v) is 6.89. The van der Waals surface area contributed by atoms with Crippen molar-refractivity contribution >= 4 is 0 Å². The van der Waals surface area contributed by atoms with Crippen LogP contribution in [-0.2, 0) is 37.6 Å². The number of ether oxygens (including phenoxy) is 1. The fraction of sp³-hybridized carbons (Fsp3) is 0.450. The van der Waals surface area contributed by atoms with Crippen molar-refractivity contribution in [1.29, 1.82) is 0 Å². The van der Waals surface area contributed by atoms with Gasteiger partial charge in [0.25, 0.3) is 0 Å². The topological polar surface area (TPSA) is 69.2 Å². The molecule has 1 aliphatic heterocycles. The second-order valence-electron chi connectivity index (χ2n) is 6.89. The van der Waals surface area contributed by atoms with Gasteiger partial charge in [-0.2, -0.15) is 10.1 Å².